The molecule has 16 heavy (non-hydrogen) atoms. The molecule has 1 aliphatic heterocycles. The van der Waals surface area contributed by atoms with Crippen LogP contribution >= 0.6 is 0 Å². The van der Waals surface area contributed by atoms with Crippen molar-refractivity contribution >= 4 is 6.03 Å². The van der Waals surface area contributed by atoms with Gasteiger partial charge >= 0.3 is 6.03 Å². The first-order valence-electron chi connectivity index (χ1n) is 6.53. The highest BCUT2D eigenvalue weighted by Crippen LogP contribution is 2.17. The number of ether oxygens (including phenoxy) is 1. The van der Waals surface area contributed by atoms with E-state index in [9.17, 15) is 4.79 Å². The van der Waals surface area contributed by atoms with Crippen LogP contribution in [-0.2, 0) is 4.74 Å². The smallest absolute Gasteiger partial charge is 0.317 e. The summed E-state index contributed by atoms with van der Waals surface area (Å²) in [6.45, 7) is 0.772. The predicted molar refractivity (Wildman–Crippen MR) is 62.1 cm³/mol. The average Bonchev–Trinajstić information content (AvgIpc) is 2.62. The fourth-order valence-corrected chi connectivity index (χ4v) is 2.49. The summed E-state index contributed by atoms with van der Waals surface area (Å²) in [5, 5.41) is 5.93. The largest absolute Gasteiger partial charge is 0.358 e. The second kappa shape index (κ2) is 6.09. The summed E-state index contributed by atoms with van der Waals surface area (Å²) in [5.41, 5.74) is 0. The maximum atomic E-state index is 11.7. The third-order valence-electron chi connectivity index (χ3n) is 3.41. The van der Waals surface area contributed by atoms with Crippen LogP contribution in [0.2, 0.25) is 0 Å². The highest BCUT2D eigenvalue weighted by Gasteiger charge is 2.19. The van der Waals surface area contributed by atoms with E-state index >= 15 is 0 Å². The summed E-state index contributed by atoms with van der Waals surface area (Å²) in [4.78, 5) is 11.7. The zero-order valence-corrected chi connectivity index (χ0v) is 9.84. The molecule has 1 saturated carbocycles. The molecule has 2 N–H and O–H groups in total. The van der Waals surface area contributed by atoms with Gasteiger partial charge in [0.25, 0.3) is 0 Å². The van der Waals surface area contributed by atoms with Crippen LogP contribution < -0.4 is 10.6 Å². The van der Waals surface area contributed by atoms with Crippen LogP contribution in [0.1, 0.15) is 51.4 Å². The molecule has 2 rings (SSSR count). The van der Waals surface area contributed by atoms with Gasteiger partial charge in [-0.1, -0.05) is 25.7 Å². The molecular formula is C12H22N2O2. The molecule has 2 fully saturated rings. The van der Waals surface area contributed by atoms with E-state index in [1.165, 1.54) is 25.7 Å². The fourth-order valence-electron chi connectivity index (χ4n) is 2.49. The maximum Gasteiger partial charge on any atom is 0.317 e. The van der Waals surface area contributed by atoms with Crippen molar-refractivity contribution in [2.75, 3.05) is 6.61 Å². The lowest BCUT2D eigenvalue weighted by molar-refractivity contribution is 0.0901. The van der Waals surface area contributed by atoms with Crippen LogP contribution in [-0.4, -0.2) is 24.9 Å². The minimum atomic E-state index is -0.0641. The number of nitrogens with one attached hydrogen (secondary N) is 2. The summed E-state index contributed by atoms with van der Waals surface area (Å²) < 4.78 is 5.37. The second-order valence-corrected chi connectivity index (χ2v) is 4.81. The number of carbonyl (C=O) groups is 1. The van der Waals surface area contributed by atoms with Gasteiger partial charge in [-0.2, -0.15) is 0 Å². The molecule has 0 aromatic carbocycles. The predicted octanol–water partition coefficient (Wildman–Crippen LogP) is 2.14. The molecule has 1 saturated heterocycles. The molecule has 92 valence electrons. The molecular weight excluding hydrogens is 204 g/mol. The van der Waals surface area contributed by atoms with E-state index in [4.69, 9.17) is 4.74 Å². The van der Waals surface area contributed by atoms with Gasteiger partial charge in [0.15, 0.2) is 0 Å². The van der Waals surface area contributed by atoms with Gasteiger partial charge in [-0.3, -0.25) is 0 Å². The first-order chi connectivity index (χ1) is 7.84. The van der Waals surface area contributed by atoms with Gasteiger partial charge < -0.3 is 15.4 Å². The molecule has 0 spiro atoms. The number of rotatable bonds is 2. The Morgan fingerprint density at radius 3 is 2.31 bits per heavy atom. The average molecular weight is 226 g/mol. The van der Waals surface area contributed by atoms with Crippen LogP contribution in [0.4, 0.5) is 4.79 Å². The van der Waals surface area contributed by atoms with Crippen molar-refractivity contribution in [2.24, 2.45) is 0 Å². The Bertz CT molecular complexity index is 219. The Labute approximate surface area is 97.1 Å². The molecule has 2 aliphatic rings. The molecule has 4 nitrogen and oxygen atoms in total. The van der Waals surface area contributed by atoms with Crippen LogP contribution in [0, 0.1) is 0 Å². The van der Waals surface area contributed by atoms with Crippen LogP contribution in [0.25, 0.3) is 0 Å². The topological polar surface area (TPSA) is 50.4 Å². The summed E-state index contributed by atoms with van der Waals surface area (Å²) in [6.07, 6.45) is 9.28. The van der Waals surface area contributed by atoms with Crippen LogP contribution in [0.15, 0.2) is 0 Å². The van der Waals surface area contributed by atoms with Gasteiger partial charge in [0.1, 0.15) is 6.23 Å². The van der Waals surface area contributed by atoms with E-state index in [0.717, 1.165) is 32.3 Å². The third-order valence-corrected chi connectivity index (χ3v) is 3.41. The van der Waals surface area contributed by atoms with E-state index in [1.807, 2.05) is 0 Å². The van der Waals surface area contributed by atoms with E-state index in [0.29, 0.717) is 6.04 Å². The van der Waals surface area contributed by atoms with Crippen LogP contribution in [0.3, 0.4) is 0 Å². The molecule has 0 aromatic heterocycles. The summed E-state index contributed by atoms with van der Waals surface area (Å²) in [5.74, 6) is 0. The highest BCUT2D eigenvalue weighted by molar-refractivity contribution is 5.74. The van der Waals surface area contributed by atoms with E-state index < -0.39 is 0 Å². The number of urea groups is 1. The van der Waals surface area contributed by atoms with Gasteiger partial charge in [0.2, 0.25) is 0 Å². The van der Waals surface area contributed by atoms with Crippen LogP contribution in [0.5, 0.6) is 0 Å². The molecule has 1 atom stereocenters. The standard InChI is InChI=1S/C12H22N2O2/c15-12(14-11-8-5-9-16-11)13-10-6-3-1-2-4-7-10/h10-11H,1-9H2,(H2,13,14,15). The molecule has 1 aliphatic carbocycles. The van der Waals surface area contributed by atoms with Crippen molar-refractivity contribution in [3.8, 4) is 0 Å². The summed E-state index contributed by atoms with van der Waals surface area (Å²) >= 11 is 0. The SMILES string of the molecule is O=C(NC1CCCCCC1)NC1CCCO1. The maximum absolute atomic E-state index is 11.7. The summed E-state index contributed by atoms with van der Waals surface area (Å²) in [7, 11) is 0. The van der Waals surface area contributed by atoms with Crippen molar-refractivity contribution < 1.29 is 9.53 Å². The normalized spacial score (nSPS) is 27.4. The van der Waals surface area contributed by atoms with Crippen molar-refractivity contribution in [3.63, 3.8) is 0 Å². The lowest BCUT2D eigenvalue weighted by Crippen LogP contribution is -2.45. The van der Waals surface area contributed by atoms with Gasteiger partial charge in [0, 0.05) is 12.6 Å². The van der Waals surface area contributed by atoms with Gasteiger partial charge in [-0.05, 0) is 25.7 Å². The quantitative estimate of drug-likeness (QED) is 0.709. The fraction of sp³-hybridized carbons (Fsp3) is 0.917. The second-order valence-electron chi connectivity index (χ2n) is 4.81. The van der Waals surface area contributed by atoms with Gasteiger partial charge in [-0.15, -0.1) is 0 Å². The Hall–Kier alpha value is -0.770. The van der Waals surface area contributed by atoms with Crippen molar-refractivity contribution in [1.82, 2.24) is 10.6 Å². The Balaban J connectivity index is 1.68. The lowest BCUT2D eigenvalue weighted by Gasteiger charge is -2.18. The number of amides is 2. The first kappa shape index (κ1) is 11.7. The number of hydrogen-bond donors (Lipinski definition) is 2. The first-order valence-corrected chi connectivity index (χ1v) is 6.53. The van der Waals surface area contributed by atoms with Crippen molar-refractivity contribution in [3.05, 3.63) is 0 Å². The Morgan fingerprint density at radius 2 is 1.69 bits per heavy atom. The van der Waals surface area contributed by atoms with Crippen molar-refractivity contribution in [2.45, 2.75) is 63.6 Å². The Morgan fingerprint density at radius 1 is 0.938 bits per heavy atom. The van der Waals surface area contributed by atoms with Crippen molar-refractivity contribution in [1.29, 1.82) is 0 Å². The highest BCUT2D eigenvalue weighted by atomic mass is 16.5. The minimum Gasteiger partial charge on any atom is -0.358 e. The molecule has 0 radical (unpaired) electrons. The van der Waals surface area contributed by atoms with Gasteiger partial charge in [-0.25, -0.2) is 4.79 Å². The molecule has 0 aromatic rings. The van der Waals surface area contributed by atoms with E-state index in [-0.39, 0.29) is 12.3 Å². The third kappa shape index (κ3) is 3.67. The number of hydrogen-bond acceptors (Lipinski definition) is 2. The zero-order valence-electron chi connectivity index (χ0n) is 9.84. The summed E-state index contributed by atoms with van der Waals surface area (Å²) in [6, 6.07) is 0.308. The molecule has 1 heterocycles. The number of carbonyl (C=O) groups excluding carboxylic acids is 1. The minimum absolute atomic E-state index is 0.0567. The lowest BCUT2D eigenvalue weighted by atomic mass is 10.1. The molecule has 0 bridgehead atoms. The monoisotopic (exact) mass is 226 g/mol. The molecule has 2 amide bonds. The van der Waals surface area contributed by atoms with E-state index in [1.54, 1.807) is 0 Å². The van der Waals surface area contributed by atoms with Gasteiger partial charge in [0.05, 0.1) is 0 Å². The molecule has 1 unspecified atom stereocenters. The Kier molecular flexibility index (Phi) is 4.45. The zero-order chi connectivity index (χ0) is 11.2. The van der Waals surface area contributed by atoms with E-state index in [2.05, 4.69) is 10.6 Å². The molecule has 4 heteroatoms.